The van der Waals surface area contributed by atoms with E-state index in [9.17, 15) is 0 Å². The third kappa shape index (κ3) is 4.98. The van der Waals surface area contributed by atoms with E-state index in [1.54, 1.807) is 0 Å². The lowest BCUT2D eigenvalue weighted by Crippen LogP contribution is -2.41. The summed E-state index contributed by atoms with van der Waals surface area (Å²) in [7, 11) is 0. The Labute approximate surface area is 133 Å². The first kappa shape index (κ1) is 17.3. The van der Waals surface area contributed by atoms with E-state index in [-0.39, 0.29) is 0 Å². The highest BCUT2D eigenvalue weighted by molar-refractivity contribution is 4.91. The van der Waals surface area contributed by atoms with Crippen molar-refractivity contribution in [2.45, 2.75) is 92.0 Å². The molecular formula is C20H39N. The summed E-state index contributed by atoms with van der Waals surface area (Å²) in [6.07, 6.45) is 11.8. The van der Waals surface area contributed by atoms with Crippen molar-refractivity contribution in [2.24, 2.45) is 29.1 Å². The van der Waals surface area contributed by atoms with E-state index in [0.29, 0.717) is 11.5 Å². The molecule has 0 saturated heterocycles. The summed E-state index contributed by atoms with van der Waals surface area (Å²) < 4.78 is 0. The van der Waals surface area contributed by atoms with Gasteiger partial charge in [-0.3, -0.25) is 0 Å². The molecule has 124 valence electrons. The maximum Gasteiger partial charge on any atom is 0.00104 e. The van der Waals surface area contributed by atoms with Crippen LogP contribution in [-0.2, 0) is 0 Å². The van der Waals surface area contributed by atoms with Crippen LogP contribution >= 0.6 is 0 Å². The van der Waals surface area contributed by atoms with Crippen molar-refractivity contribution in [3.8, 4) is 0 Å². The standard InChI is InChI=1S/C20H39N/c1-6-16-8-7-9-17(12-16)19-13-20(4,5)11-10-18(19)14-21-15(2)3/h15-19,21H,6-14H2,1-5H3. The minimum absolute atomic E-state index is 0.582. The Kier molecular flexibility index (Phi) is 6.17. The van der Waals surface area contributed by atoms with Gasteiger partial charge in [-0.25, -0.2) is 0 Å². The van der Waals surface area contributed by atoms with Crippen LogP contribution in [-0.4, -0.2) is 12.6 Å². The van der Waals surface area contributed by atoms with E-state index in [2.05, 4.69) is 39.9 Å². The van der Waals surface area contributed by atoms with Crippen molar-refractivity contribution in [1.29, 1.82) is 0 Å². The Bertz CT molecular complexity index is 305. The normalized spacial score (nSPS) is 36.9. The Morgan fingerprint density at radius 3 is 2.57 bits per heavy atom. The summed E-state index contributed by atoms with van der Waals surface area (Å²) in [6, 6.07) is 0.635. The van der Waals surface area contributed by atoms with Gasteiger partial charge in [0.1, 0.15) is 0 Å². The molecule has 0 spiro atoms. The van der Waals surface area contributed by atoms with Crippen LogP contribution in [0.5, 0.6) is 0 Å². The lowest BCUT2D eigenvalue weighted by Gasteiger charge is -2.46. The fourth-order valence-corrected chi connectivity index (χ4v) is 4.98. The number of hydrogen-bond donors (Lipinski definition) is 1. The smallest absolute Gasteiger partial charge is 0.00104 e. The molecule has 0 aliphatic heterocycles. The quantitative estimate of drug-likeness (QED) is 0.691. The summed E-state index contributed by atoms with van der Waals surface area (Å²) >= 11 is 0. The van der Waals surface area contributed by atoms with Crippen LogP contribution in [0.25, 0.3) is 0 Å². The molecule has 1 nitrogen and oxygen atoms in total. The van der Waals surface area contributed by atoms with Gasteiger partial charge in [-0.2, -0.15) is 0 Å². The van der Waals surface area contributed by atoms with Gasteiger partial charge in [0, 0.05) is 6.04 Å². The van der Waals surface area contributed by atoms with E-state index in [4.69, 9.17) is 0 Å². The van der Waals surface area contributed by atoms with Gasteiger partial charge in [0.25, 0.3) is 0 Å². The molecule has 0 radical (unpaired) electrons. The highest BCUT2D eigenvalue weighted by Crippen LogP contribution is 2.49. The van der Waals surface area contributed by atoms with Crippen LogP contribution in [0, 0.1) is 29.1 Å². The number of nitrogens with one attached hydrogen (secondary N) is 1. The Morgan fingerprint density at radius 2 is 1.90 bits per heavy atom. The van der Waals surface area contributed by atoms with Crippen molar-refractivity contribution in [1.82, 2.24) is 5.32 Å². The second-order valence-corrected chi connectivity index (χ2v) is 9.09. The van der Waals surface area contributed by atoms with Gasteiger partial charge in [-0.15, -0.1) is 0 Å². The molecule has 0 aromatic rings. The minimum Gasteiger partial charge on any atom is -0.314 e. The van der Waals surface area contributed by atoms with Crippen molar-refractivity contribution in [3.63, 3.8) is 0 Å². The van der Waals surface area contributed by atoms with E-state index in [1.807, 2.05) is 0 Å². The molecule has 0 amide bonds. The summed E-state index contributed by atoms with van der Waals surface area (Å²) in [4.78, 5) is 0. The first-order chi connectivity index (χ1) is 9.91. The fourth-order valence-electron chi connectivity index (χ4n) is 4.98. The van der Waals surface area contributed by atoms with Gasteiger partial charge in [-0.1, -0.05) is 60.3 Å². The minimum atomic E-state index is 0.582. The third-order valence-electron chi connectivity index (χ3n) is 6.38. The molecule has 2 fully saturated rings. The molecule has 2 rings (SSSR count). The summed E-state index contributed by atoms with van der Waals surface area (Å²) in [5.74, 6) is 3.95. The average Bonchev–Trinajstić information content (AvgIpc) is 2.45. The molecular weight excluding hydrogens is 254 g/mol. The second kappa shape index (κ2) is 7.49. The molecule has 4 atom stereocenters. The van der Waals surface area contributed by atoms with E-state index >= 15 is 0 Å². The SMILES string of the molecule is CCC1CCCC(C2CC(C)(C)CCC2CNC(C)C)C1. The van der Waals surface area contributed by atoms with Crippen LogP contribution in [0.2, 0.25) is 0 Å². The molecule has 1 N–H and O–H groups in total. The molecule has 2 saturated carbocycles. The molecule has 0 bridgehead atoms. The van der Waals surface area contributed by atoms with Crippen LogP contribution < -0.4 is 5.32 Å². The lowest BCUT2D eigenvalue weighted by atomic mass is 9.60. The van der Waals surface area contributed by atoms with Crippen molar-refractivity contribution in [3.05, 3.63) is 0 Å². The zero-order valence-corrected chi connectivity index (χ0v) is 15.3. The maximum absolute atomic E-state index is 3.74. The number of rotatable bonds is 5. The maximum atomic E-state index is 3.74. The largest absolute Gasteiger partial charge is 0.314 e. The predicted octanol–water partition coefficient (Wildman–Crippen LogP) is 5.64. The molecule has 0 aromatic carbocycles. The Balaban J connectivity index is 2.01. The molecule has 2 aliphatic carbocycles. The van der Waals surface area contributed by atoms with Gasteiger partial charge in [-0.05, 0) is 61.3 Å². The van der Waals surface area contributed by atoms with Crippen molar-refractivity contribution >= 4 is 0 Å². The van der Waals surface area contributed by atoms with Crippen LogP contribution in [0.3, 0.4) is 0 Å². The van der Waals surface area contributed by atoms with Gasteiger partial charge in [0.05, 0.1) is 0 Å². The topological polar surface area (TPSA) is 12.0 Å². The highest BCUT2D eigenvalue weighted by Gasteiger charge is 2.40. The van der Waals surface area contributed by atoms with Gasteiger partial charge in [0.15, 0.2) is 0 Å². The Hall–Kier alpha value is -0.0400. The monoisotopic (exact) mass is 293 g/mol. The molecule has 4 unspecified atom stereocenters. The van der Waals surface area contributed by atoms with E-state index < -0.39 is 0 Å². The summed E-state index contributed by atoms with van der Waals surface area (Å²) in [5.41, 5.74) is 0.582. The zero-order chi connectivity index (χ0) is 15.5. The van der Waals surface area contributed by atoms with Crippen molar-refractivity contribution < 1.29 is 0 Å². The highest BCUT2D eigenvalue weighted by atomic mass is 14.9. The van der Waals surface area contributed by atoms with Crippen LogP contribution in [0.4, 0.5) is 0 Å². The van der Waals surface area contributed by atoms with Crippen LogP contribution in [0.15, 0.2) is 0 Å². The molecule has 0 heterocycles. The summed E-state index contributed by atoms with van der Waals surface area (Å²) in [6.45, 7) is 13.2. The van der Waals surface area contributed by atoms with E-state index in [0.717, 1.165) is 23.7 Å². The van der Waals surface area contributed by atoms with Crippen molar-refractivity contribution in [2.75, 3.05) is 6.54 Å². The lowest BCUT2D eigenvalue weighted by molar-refractivity contribution is 0.0454. The second-order valence-electron chi connectivity index (χ2n) is 9.09. The van der Waals surface area contributed by atoms with Gasteiger partial charge < -0.3 is 5.32 Å². The Morgan fingerprint density at radius 1 is 1.14 bits per heavy atom. The first-order valence-electron chi connectivity index (χ1n) is 9.64. The van der Waals surface area contributed by atoms with E-state index in [1.165, 1.54) is 57.9 Å². The first-order valence-corrected chi connectivity index (χ1v) is 9.64. The molecule has 0 aromatic heterocycles. The average molecular weight is 294 g/mol. The zero-order valence-electron chi connectivity index (χ0n) is 15.3. The van der Waals surface area contributed by atoms with Gasteiger partial charge in [0.2, 0.25) is 0 Å². The van der Waals surface area contributed by atoms with Gasteiger partial charge >= 0.3 is 0 Å². The fraction of sp³-hybridized carbons (Fsp3) is 1.00. The molecule has 21 heavy (non-hydrogen) atoms. The molecule has 2 aliphatic rings. The number of hydrogen-bond acceptors (Lipinski definition) is 1. The van der Waals surface area contributed by atoms with Crippen LogP contribution in [0.1, 0.15) is 86.0 Å². The summed E-state index contributed by atoms with van der Waals surface area (Å²) in [5, 5.41) is 3.74. The molecule has 1 heteroatoms. The third-order valence-corrected chi connectivity index (χ3v) is 6.38. The predicted molar refractivity (Wildman–Crippen MR) is 93.5 cm³/mol.